The molecule has 2 rings (SSSR count). The summed E-state index contributed by atoms with van der Waals surface area (Å²) in [6.45, 7) is 4.21. The average Bonchev–Trinajstić information content (AvgIpc) is 2.81. The summed E-state index contributed by atoms with van der Waals surface area (Å²) in [5.41, 5.74) is 14.9. The number of anilines is 1. The number of rotatable bonds is 4. The third-order valence-electron chi connectivity index (χ3n) is 3.34. The molecule has 1 aromatic carbocycles. The van der Waals surface area contributed by atoms with Crippen LogP contribution in [0.3, 0.4) is 0 Å². The third-order valence-corrected chi connectivity index (χ3v) is 3.34. The molecule has 1 fully saturated rings. The molecule has 0 bridgehead atoms. The van der Waals surface area contributed by atoms with E-state index in [9.17, 15) is 0 Å². The molecule has 88 valence electrons. The largest absolute Gasteiger partial charge is 0.399 e. The van der Waals surface area contributed by atoms with Gasteiger partial charge in [-0.3, -0.25) is 0 Å². The molecule has 1 heterocycles. The van der Waals surface area contributed by atoms with E-state index in [1.54, 1.807) is 0 Å². The number of likely N-dealkylation sites (tertiary alicyclic amines) is 1. The molecule has 3 heteroatoms. The Balaban J connectivity index is 1.96. The lowest BCUT2D eigenvalue weighted by Gasteiger charge is -2.15. The van der Waals surface area contributed by atoms with Crippen molar-refractivity contribution in [2.24, 2.45) is 5.73 Å². The normalized spacial score (nSPS) is 16.8. The predicted molar refractivity (Wildman–Crippen MR) is 68.1 cm³/mol. The van der Waals surface area contributed by atoms with Gasteiger partial charge in [-0.1, -0.05) is 12.1 Å². The van der Waals surface area contributed by atoms with E-state index in [1.807, 2.05) is 12.1 Å². The number of hydrogen-bond donors (Lipinski definition) is 2. The van der Waals surface area contributed by atoms with E-state index < -0.39 is 0 Å². The summed E-state index contributed by atoms with van der Waals surface area (Å²) in [7, 11) is 0. The molecule has 16 heavy (non-hydrogen) atoms. The number of hydrogen-bond acceptors (Lipinski definition) is 3. The van der Waals surface area contributed by atoms with Gasteiger partial charge in [0.25, 0.3) is 0 Å². The Morgan fingerprint density at radius 3 is 2.62 bits per heavy atom. The lowest BCUT2D eigenvalue weighted by atomic mass is 10.1. The minimum atomic E-state index is 0.594. The fourth-order valence-electron chi connectivity index (χ4n) is 2.29. The van der Waals surface area contributed by atoms with Crippen LogP contribution in [0.15, 0.2) is 18.2 Å². The van der Waals surface area contributed by atoms with Crippen molar-refractivity contribution in [2.75, 3.05) is 25.4 Å². The van der Waals surface area contributed by atoms with Gasteiger partial charge in [0.15, 0.2) is 0 Å². The molecule has 1 aliphatic rings. The van der Waals surface area contributed by atoms with Gasteiger partial charge in [-0.05, 0) is 49.5 Å². The van der Waals surface area contributed by atoms with Crippen LogP contribution in [-0.2, 0) is 13.0 Å². The maximum absolute atomic E-state index is 5.97. The van der Waals surface area contributed by atoms with Gasteiger partial charge >= 0.3 is 0 Å². The third kappa shape index (κ3) is 2.74. The first kappa shape index (κ1) is 11.4. The van der Waals surface area contributed by atoms with Crippen LogP contribution in [0.1, 0.15) is 24.0 Å². The summed E-state index contributed by atoms with van der Waals surface area (Å²) >= 11 is 0. The molecular weight excluding hydrogens is 198 g/mol. The summed E-state index contributed by atoms with van der Waals surface area (Å²) in [4.78, 5) is 2.51. The highest BCUT2D eigenvalue weighted by Gasteiger charge is 2.11. The quantitative estimate of drug-likeness (QED) is 0.752. The molecule has 3 nitrogen and oxygen atoms in total. The highest BCUT2D eigenvalue weighted by molar-refractivity contribution is 5.48. The highest BCUT2D eigenvalue weighted by Crippen LogP contribution is 2.16. The van der Waals surface area contributed by atoms with Crippen molar-refractivity contribution in [3.05, 3.63) is 29.3 Å². The van der Waals surface area contributed by atoms with Gasteiger partial charge in [-0.15, -0.1) is 0 Å². The van der Waals surface area contributed by atoms with Crippen LogP contribution in [0.2, 0.25) is 0 Å². The summed E-state index contributed by atoms with van der Waals surface area (Å²) < 4.78 is 0. The average molecular weight is 219 g/mol. The van der Waals surface area contributed by atoms with Crippen LogP contribution in [0.25, 0.3) is 0 Å². The van der Waals surface area contributed by atoms with Crippen molar-refractivity contribution in [2.45, 2.75) is 25.8 Å². The molecule has 0 saturated carbocycles. The van der Waals surface area contributed by atoms with Crippen LogP contribution in [0.4, 0.5) is 5.69 Å². The Kier molecular flexibility index (Phi) is 3.80. The van der Waals surface area contributed by atoms with E-state index in [1.165, 1.54) is 37.1 Å². The second-order valence-corrected chi connectivity index (χ2v) is 4.54. The van der Waals surface area contributed by atoms with E-state index in [0.29, 0.717) is 6.54 Å². The van der Waals surface area contributed by atoms with Crippen molar-refractivity contribution >= 4 is 5.69 Å². The van der Waals surface area contributed by atoms with E-state index in [2.05, 4.69) is 11.0 Å². The number of nitrogen functional groups attached to an aromatic ring is 1. The number of benzene rings is 1. The SMILES string of the molecule is NCc1ccc(N)c(CCN2CCCC2)c1. The molecule has 0 atom stereocenters. The predicted octanol–water partition coefficient (Wildman–Crippen LogP) is 1.37. The van der Waals surface area contributed by atoms with Crippen LogP contribution in [-0.4, -0.2) is 24.5 Å². The monoisotopic (exact) mass is 219 g/mol. The van der Waals surface area contributed by atoms with Crippen molar-refractivity contribution in [1.29, 1.82) is 0 Å². The molecule has 0 unspecified atom stereocenters. The molecule has 0 spiro atoms. The molecular formula is C13H21N3. The first-order valence-corrected chi connectivity index (χ1v) is 6.09. The summed E-state index contributed by atoms with van der Waals surface area (Å²) in [6.07, 6.45) is 3.73. The summed E-state index contributed by atoms with van der Waals surface area (Å²) in [5, 5.41) is 0. The Morgan fingerprint density at radius 2 is 1.94 bits per heavy atom. The lowest BCUT2D eigenvalue weighted by Crippen LogP contribution is -2.22. The zero-order valence-electron chi connectivity index (χ0n) is 9.78. The molecule has 0 radical (unpaired) electrons. The first-order chi connectivity index (χ1) is 7.79. The van der Waals surface area contributed by atoms with E-state index in [-0.39, 0.29) is 0 Å². The van der Waals surface area contributed by atoms with E-state index in [4.69, 9.17) is 11.5 Å². The van der Waals surface area contributed by atoms with Gasteiger partial charge in [0, 0.05) is 18.8 Å². The van der Waals surface area contributed by atoms with Crippen LogP contribution in [0.5, 0.6) is 0 Å². The Labute approximate surface area is 97.4 Å². The fraction of sp³-hybridized carbons (Fsp3) is 0.538. The van der Waals surface area contributed by atoms with Crippen molar-refractivity contribution in [1.82, 2.24) is 4.90 Å². The summed E-state index contributed by atoms with van der Waals surface area (Å²) in [6, 6.07) is 6.13. The van der Waals surface area contributed by atoms with Gasteiger partial charge < -0.3 is 16.4 Å². The summed E-state index contributed by atoms with van der Waals surface area (Å²) in [5.74, 6) is 0. The molecule has 1 aromatic rings. The van der Waals surface area contributed by atoms with Gasteiger partial charge in [-0.25, -0.2) is 0 Å². The van der Waals surface area contributed by atoms with Crippen LogP contribution in [0, 0.1) is 0 Å². The zero-order valence-corrected chi connectivity index (χ0v) is 9.78. The Bertz CT molecular complexity index is 343. The molecule has 0 aromatic heterocycles. The van der Waals surface area contributed by atoms with E-state index in [0.717, 1.165) is 18.7 Å². The topological polar surface area (TPSA) is 55.3 Å². The Hall–Kier alpha value is -1.06. The van der Waals surface area contributed by atoms with E-state index >= 15 is 0 Å². The van der Waals surface area contributed by atoms with Gasteiger partial charge in [0.1, 0.15) is 0 Å². The first-order valence-electron chi connectivity index (χ1n) is 6.09. The standard InChI is InChI=1S/C13H21N3/c14-10-11-3-4-13(15)12(9-11)5-8-16-6-1-2-7-16/h3-4,9H,1-2,5-8,10,14-15H2. The zero-order chi connectivity index (χ0) is 11.4. The number of nitrogens with zero attached hydrogens (tertiary/aromatic N) is 1. The van der Waals surface area contributed by atoms with Crippen molar-refractivity contribution in [3.8, 4) is 0 Å². The number of nitrogens with two attached hydrogens (primary N) is 2. The second kappa shape index (κ2) is 5.32. The minimum absolute atomic E-state index is 0.594. The molecule has 1 saturated heterocycles. The van der Waals surface area contributed by atoms with Gasteiger partial charge in [0.05, 0.1) is 0 Å². The minimum Gasteiger partial charge on any atom is -0.399 e. The molecule has 0 amide bonds. The molecule has 1 aliphatic heterocycles. The smallest absolute Gasteiger partial charge is 0.0347 e. The fourth-order valence-corrected chi connectivity index (χ4v) is 2.29. The van der Waals surface area contributed by atoms with Crippen molar-refractivity contribution in [3.63, 3.8) is 0 Å². The maximum atomic E-state index is 5.97. The molecule has 4 N–H and O–H groups in total. The second-order valence-electron chi connectivity index (χ2n) is 4.54. The van der Waals surface area contributed by atoms with Crippen LogP contribution >= 0.6 is 0 Å². The lowest BCUT2D eigenvalue weighted by molar-refractivity contribution is 0.343. The Morgan fingerprint density at radius 1 is 1.19 bits per heavy atom. The van der Waals surface area contributed by atoms with Gasteiger partial charge in [-0.2, -0.15) is 0 Å². The van der Waals surface area contributed by atoms with Crippen molar-refractivity contribution < 1.29 is 0 Å². The van der Waals surface area contributed by atoms with Crippen LogP contribution < -0.4 is 11.5 Å². The maximum Gasteiger partial charge on any atom is 0.0347 e. The highest BCUT2D eigenvalue weighted by atomic mass is 15.1. The molecule has 0 aliphatic carbocycles. The van der Waals surface area contributed by atoms with Gasteiger partial charge in [0.2, 0.25) is 0 Å².